The quantitative estimate of drug-likeness (QED) is 0.301. The van der Waals surface area contributed by atoms with Gasteiger partial charge in [0.1, 0.15) is 0 Å². The second kappa shape index (κ2) is 8.79. The highest BCUT2D eigenvalue weighted by Crippen LogP contribution is 2.07. The third-order valence-electron chi connectivity index (χ3n) is 2.64. The molecule has 6 heteroatoms. The van der Waals surface area contributed by atoms with Gasteiger partial charge in [0, 0.05) is 32.2 Å². The molecule has 20 heavy (non-hydrogen) atoms. The van der Waals surface area contributed by atoms with Crippen LogP contribution in [0.15, 0.2) is 34.4 Å². The summed E-state index contributed by atoms with van der Waals surface area (Å²) in [6.45, 7) is 7.42. The van der Waals surface area contributed by atoms with E-state index in [1.807, 2.05) is 6.92 Å². The number of hydrogen-bond donors (Lipinski definition) is 3. The Hall–Kier alpha value is -2.24. The Kier molecular flexibility index (Phi) is 6.95. The van der Waals surface area contributed by atoms with Crippen molar-refractivity contribution in [1.29, 1.82) is 0 Å². The van der Waals surface area contributed by atoms with Gasteiger partial charge in [0.2, 0.25) is 0 Å². The molecule has 1 heterocycles. The molecule has 0 radical (unpaired) electrons. The van der Waals surface area contributed by atoms with Crippen molar-refractivity contribution in [3.05, 3.63) is 36.3 Å². The van der Waals surface area contributed by atoms with Gasteiger partial charge in [0.15, 0.2) is 11.7 Å². The normalized spacial score (nSPS) is 11.0. The summed E-state index contributed by atoms with van der Waals surface area (Å²) < 4.78 is 5.12. The van der Waals surface area contributed by atoms with Crippen LogP contribution in [0, 0.1) is 6.92 Å². The number of furan rings is 1. The topological polar surface area (TPSA) is 78.7 Å². The number of nitrogens with one attached hydrogen (secondary N) is 3. The molecule has 0 aromatic carbocycles. The maximum atomic E-state index is 11.7. The van der Waals surface area contributed by atoms with Gasteiger partial charge in [-0.25, -0.2) is 0 Å². The van der Waals surface area contributed by atoms with Gasteiger partial charge in [-0.3, -0.25) is 9.79 Å². The molecular formula is C14H22N4O2. The molecule has 3 N–H and O–H groups in total. The first-order valence-electron chi connectivity index (χ1n) is 6.56. The summed E-state index contributed by atoms with van der Waals surface area (Å²) in [5.41, 5.74) is 0.842. The van der Waals surface area contributed by atoms with E-state index >= 15 is 0 Å². The number of aryl methyl sites for hydroxylation is 1. The summed E-state index contributed by atoms with van der Waals surface area (Å²) in [7, 11) is 1.71. The average Bonchev–Trinajstić information content (AvgIpc) is 2.88. The number of carbonyl (C=O) groups excluding carboxylic acids is 1. The van der Waals surface area contributed by atoms with Gasteiger partial charge in [-0.2, -0.15) is 0 Å². The summed E-state index contributed by atoms with van der Waals surface area (Å²) in [4.78, 5) is 15.8. The van der Waals surface area contributed by atoms with E-state index in [-0.39, 0.29) is 5.91 Å². The van der Waals surface area contributed by atoms with Gasteiger partial charge < -0.3 is 20.4 Å². The number of guanidine groups is 1. The van der Waals surface area contributed by atoms with Crippen LogP contribution in [0.4, 0.5) is 0 Å². The van der Waals surface area contributed by atoms with Gasteiger partial charge in [-0.1, -0.05) is 6.08 Å². The first-order valence-corrected chi connectivity index (χ1v) is 6.56. The van der Waals surface area contributed by atoms with Gasteiger partial charge in [0.25, 0.3) is 5.91 Å². The lowest BCUT2D eigenvalue weighted by Gasteiger charge is -2.10. The van der Waals surface area contributed by atoms with Gasteiger partial charge in [0.05, 0.1) is 6.26 Å². The van der Waals surface area contributed by atoms with Crippen molar-refractivity contribution in [2.24, 2.45) is 4.99 Å². The molecule has 0 atom stereocenters. The number of nitrogens with zero attached hydrogens (tertiary/aromatic N) is 1. The fraction of sp³-hybridized carbons (Fsp3) is 0.429. The highest BCUT2D eigenvalue weighted by Gasteiger charge is 2.11. The molecule has 6 nitrogen and oxygen atoms in total. The van der Waals surface area contributed by atoms with E-state index in [2.05, 4.69) is 27.5 Å². The first-order chi connectivity index (χ1) is 9.69. The molecule has 0 unspecified atom stereocenters. The van der Waals surface area contributed by atoms with E-state index in [0.717, 1.165) is 17.9 Å². The molecule has 0 fully saturated rings. The Morgan fingerprint density at radius 3 is 2.75 bits per heavy atom. The molecule has 1 aromatic heterocycles. The van der Waals surface area contributed by atoms with E-state index in [1.165, 1.54) is 6.26 Å². The molecule has 0 aliphatic heterocycles. The Bertz CT molecular complexity index is 465. The largest absolute Gasteiger partial charge is 0.459 e. The van der Waals surface area contributed by atoms with Crippen LogP contribution in [0.1, 0.15) is 22.5 Å². The van der Waals surface area contributed by atoms with Crippen molar-refractivity contribution in [2.75, 3.05) is 26.7 Å². The Morgan fingerprint density at radius 2 is 2.15 bits per heavy atom. The summed E-state index contributed by atoms with van der Waals surface area (Å²) in [5, 5.41) is 9.02. The summed E-state index contributed by atoms with van der Waals surface area (Å²) in [6.07, 6.45) is 4.07. The maximum absolute atomic E-state index is 11.7. The minimum absolute atomic E-state index is 0.179. The number of hydrogen-bond acceptors (Lipinski definition) is 3. The smallest absolute Gasteiger partial charge is 0.287 e. The lowest BCUT2D eigenvalue weighted by Crippen LogP contribution is -2.38. The zero-order chi connectivity index (χ0) is 14.8. The first kappa shape index (κ1) is 15.8. The third-order valence-corrected chi connectivity index (χ3v) is 2.64. The third kappa shape index (κ3) is 5.17. The molecule has 0 spiro atoms. The van der Waals surface area contributed by atoms with Crippen LogP contribution >= 0.6 is 0 Å². The molecule has 1 aromatic rings. The standard InChI is InChI=1S/C14H22N4O2/c1-4-7-17-14(15-3)18-9-5-8-16-13(19)12-11(2)6-10-20-12/h4,6,10H,1,5,7-9H2,2-3H3,(H,16,19)(H2,15,17,18). The van der Waals surface area contributed by atoms with Crippen LogP contribution in [0.25, 0.3) is 0 Å². The van der Waals surface area contributed by atoms with Gasteiger partial charge in [-0.05, 0) is 19.4 Å². The minimum Gasteiger partial charge on any atom is -0.459 e. The van der Waals surface area contributed by atoms with Crippen LogP contribution in [-0.2, 0) is 0 Å². The van der Waals surface area contributed by atoms with Crippen LogP contribution in [-0.4, -0.2) is 38.5 Å². The highest BCUT2D eigenvalue weighted by atomic mass is 16.3. The molecule has 110 valence electrons. The maximum Gasteiger partial charge on any atom is 0.287 e. The number of carbonyl (C=O) groups is 1. The van der Waals surface area contributed by atoms with Crippen LogP contribution in [0.5, 0.6) is 0 Å². The molecule has 0 saturated carbocycles. The van der Waals surface area contributed by atoms with Crippen molar-refractivity contribution in [3.63, 3.8) is 0 Å². The van der Waals surface area contributed by atoms with E-state index in [9.17, 15) is 4.79 Å². The SMILES string of the molecule is C=CCNC(=NC)NCCCNC(=O)c1occc1C. The molecule has 0 bridgehead atoms. The summed E-state index contributed by atoms with van der Waals surface area (Å²) in [5.74, 6) is 0.918. The predicted molar refractivity (Wildman–Crippen MR) is 80.0 cm³/mol. The van der Waals surface area contributed by atoms with Crippen molar-refractivity contribution < 1.29 is 9.21 Å². The van der Waals surface area contributed by atoms with Crippen molar-refractivity contribution in [3.8, 4) is 0 Å². The number of amides is 1. The predicted octanol–water partition coefficient (Wildman–Crippen LogP) is 1.06. The lowest BCUT2D eigenvalue weighted by molar-refractivity contribution is 0.0925. The van der Waals surface area contributed by atoms with Crippen LogP contribution < -0.4 is 16.0 Å². The lowest BCUT2D eigenvalue weighted by atomic mass is 10.2. The fourth-order valence-electron chi connectivity index (χ4n) is 1.57. The minimum atomic E-state index is -0.179. The molecule has 0 aliphatic rings. The van der Waals surface area contributed by atoms with E-state index < -0.39 is 0 Å². The van der Waals surface area contributed by atoms with Crippen molar-refractivity contribution >= 4 is 11.9 Å². The summed E-state index contributed by atoms with van der Waals surface area (Å²) in [6, 6.07) is 1.77. The molecule has 0 saturated heterocycles. The van der Waals surface area contributed by atoms with Crippen LogP contribution in [0.3, 0.4) is 0 Å². The van der Waals surface area contributed by atoms with Gasteiger partial charge >= 0.3 is 0 Å². The second-order valence-electron chi connectivity index (χ2n) is 4.21. The second-order valence-corrected chi connectivity index (χ2v) is 4.21. The Balaban J connectivity index is 2.17. The number of rotatable bonds is 7. The number of aliphatic imine (C=N–C) groups is 1. The summed E-state index contributed by atoms with van der Waals surface area (Å²) >= 11 is 0. The fourth-order valence-corrected chi connectivity index (χ4v) is 1.57. The zero-order valence-electron chi connectivity index (χ0n) is 12.0. The highest BCUT2D eigenvalue weighted by molar-refractivity contribution is 5.92. The van der Waals surface area contributed by atoms with E-state index in [1.54, 1.807) is 19.2 Å². The Labute approximate surface area is 119 Å². The van der Waals surface area contributed by atoms with Crippen molar-refractivity contribution in [1.82, 2.24) is 16.0 Å². The molecular weight excluding hydrogens is 256 g/mol. The Morgan fingerprint density at radius 1 is 1.40 bits per heavy atom. The van der Waals surface area contributed by atoms with Crippen LogP contribution in [0.2, 0.25) is 0 Å². The molecule has 1 amide bonds. The molecule has 0 aliphatic carbocycles. The monoisotopic (exact) mass is 278 g/mol. The van der Waals surface area contributed by atoms with E-state index in [4.69, 9.17) is 4.42 Å². The van der Waals surface area contributed by atoms with Gasteiger partial charge in [-0.15, -0.1) is 6.58 Å². The van der Waals surface area contributed by atoms with E-state index in [0.29, 0.717) is 25.4 Å². The zero-order valence-corrected chi connectivity index (χ0v) is 12.0. The van der Waals surface area contributed by atoms with Crippen molar-refractivity contribution in [2.45, 2.75) is 13.3 Å². The molecule has 1 rings (SSSR count). The average molecular weight is 278 g/mol.